The summed E-state index contributed by atoms with van der Waals surface area (Å²) < 4.78 is 36.0. The lowest BCUT2D eigenvalue weighted by Crippen LogP contribution is -2.16. The first kappa shape index (κ1) is 17.5. The highest BCUT2D eigenvalue weighted by molar-refractivity contribution is 5.85. The second kappa shape index (κ2) is 6.58. The second-order valence-corrected chi connectivity index (χ2v) is 3.76. The summed E-state index contributed by atoms with van der Waals surface area (Å²) in [5.41, 5.74) is 5.10. The molecule has 0 amide bonds. The Labute approximate surface area is 112 Å². The Morgan fingerprint density at radius 3 is 2.47 bits per heavy atom. The van der Waals surface area contributed by atoms with Gasteiger partial charge in [0.25, 0.3) is 5.69 Å². The van der Waals surface area contributed by atoms with Crippen molar-refractivity contribution in [1.29, 1.82) is 0 Å². The van der Waals surface area contributed by atoms with E-state index in [0.29, 0.717) is 0 Å². The summed E-state index contributed by atoms with van der Waals surface area (Å²) in [7, 11) is 0. The summed E-state index contributed by atoms with van der Waals surface area (Å²) in [6.45, 7) is 0. The lowest BCUT2D eigenvalue weighted by molar-refractivity contribution is -0.385. The third-order valence-corrected chi connectivity index (χ3v) is 2.36. The number of hydrogen-bond donors (Lipinski definition) is 2. The fraction of sp³-hybridized carbons (Fsp3) is 0.400. The van der Waals surface area contributed by atoms with Crippen molar-refractivity contribution in [2.45, 2.75) is 25.1 Å². The number of non-ortho nitro benzene ring substituents is 1. The number of nitrogens with two attached hydrogens (primary N) is 1. The fourth-order valence-corrected chi connectivity index (χ4v) is 1.43. The molecule has 0 spiro atoms. The number of alkyl halides is 3. The van der Waals surface area contributed by atoms with Crippen LogP contribution in [0.15, 0.2) is 18.2 Å². The van der Waals surface area contributed by atoms with E-state index < -0.39 is 30.0 Å². The number of nitrogens with zero attached hydrogens (tertiary/aromatic N) is 1. The molecule has 1 atom stereocenters. The van der Waals surface area contributed by atoms with E-state index in [9.17, 15) is 28.4 Å². The van der Waals surface area contributed by atoms with E-state index in [1.807, 2.05) is 0 Å². The van der Waals surface area contributed by atoms with Gasteiger partial charge in [0, 0.05) is 30.2 Å². The van der Waals surface area contributed by atoms with Gasteiger partial charge in [-0.05, 0) is 12.5 Å². The van der Waals surface area contributed by atoms with Crippen LogP contribution in [0, 0.1) is 10.1 Å². The normalized spacial score (nSPS) is 12.6. The molecule has 1 aromatic carbocycles. The smallest absolute Gasteiger partial charge is 0.389 e. The van der Waals surface area contributed by atoms with Gasteiger partial charge >= 0.3 is 6.18 Å². The standard InChI is InChI=1S/C10H11F3N2O3.ClH/c11-10(12,13)4-3-8(14)7-5-6(15(17)18)1-2-9(7)16;/h1-2,5,8,16H,3-4,14H2;1H/t8-;/m1./s1. The molecule has 0 aromatic heterocycles. The van der Waals surface area contributed by atoms with Gasteiger partial charge in [-0.25, -0.2) is 0 Å². The van der Waals surface area contributed by atoms with Crippen molar-refractivity contribution in [2.24, 2.45) is 5.73 Å². The van der Waals surface area contributed by atoms with E-state index in [2.05, 4.69) is 0 Å². The molecule has 19 heavy (non-hydrogen) atoms. The number of halogens is 4. The Bertz CT molecular complexity index is 454. The Kier molecular flexibility index (Phi) is 6.04. The molecule has 0 saturated heterocycles. The average molecular weight is 301 g/mol. The minimum absolute atomic E-state index is 0. The molecule has 0 aliphatic heterocycles. The number of phenols is 1. The van der Waals surface area contributed by atoms with Crippen molar-refractivity contribution < 1.29 is 23.2 Å². The van der Waals surface area contributed by atoms with Crippen molar-refractivity contribution in [1.82, 2.24) is 0 Å². The fourth-order valence-electron chi connectivity index (χ4n) is 1.43. The van der Waals surface area contributed by atoms with E-state index in [1.165, 1.54) is 0 Å². The highest BCUT2D eigenvalue weighted by Gasteiger charge is 2.28. The maximum atomic E-state index is 12.0. The third-order valence-electron chi connectivity index (χ3n) is 2.36. The number of nitro benzene ring substituents is 1. The van der Waals surface area contributed by atoms with Crippen LogP contribution < -0.4 is 5.73 Å². The van der Waals surface area contributed by atoms with Crippen molar-refractivity contribution in [3.63, 3.8) is 0 Å². The number of nitro groups is 1. The van der Waals surface area contributed by atoms with Gasteiger partial charge in [-0.2, -0.15) is 13.2 Å². The van der Waals surface area contributed by atoms with Crippen molar-refractivity contribution in [2.75, 3.05) is 0 Å². The predicted molar refractivity (Wildman–Crippen MR) is 64.2 cm³/mol. The van der Waals surface area contributed by atoms with Crippen LogP contribution >= 0.6 is 12.4 Å². The van der Waals surface area contributed by atoms with Crippen molar-refractivity contribution in [3.05, 3.63) is 33.9 Å². The molecule has 0 saturated carbocycles. The van der Waals surface area contributed by atoms with Crippen LogP contribution in [0.4, 0.5) is 18.9 Å². The van der Waals surface area contributed by atoms with Gasteiger partial charge in [-0.3, -0.25) is 10.1 Å². The zero-order valence-electron chi connectivity index (χ0n) is 9.55. The van der Waals surface area contributed by atoms with E-state index in [4.69, 9.17) is 5.73 Å². The largest absolute Gasteiger partial charge is 0.508 e. The van der Waals surface area contributed by atoms with Gasteiger partial charge < -0.3 is 10.8 Å². The highest BCUT2D eigenvalue weighted by atomic mass is 35.5. The summed E-state index contributed by atoms with van der Waals surface area (Å²) in [5.74, 6) is -0.352. The van der Waals surface area contributed by atoms with Crippen LogP contribution in [0.2, 0.25) is 0 Å². The number of phenolic OH excluding ortho intramolecular Hbond substituents is 1. The maximum absolute atomic E-state index is 12.0. The molecule has 108 valence electrons. The molecule has 5 nitrogen and oxygen atoms in total. The van der Waals surface area contributed by atoms with E-state index >= 15 is 0 Å². The second-order valence-electron chi connectivity index (χ2n) is 3.76. The maximum Gasteiger partial charge on any atom is 0.389 e. The average Bonchev–Trinajstić information content (AvgIpc) is 2.25. The molecular formula is C10H12ClF3N2O3. The van der Waals surface area contributed by atoms with Crippen LogP contribution in [0.5, 0.6) is 5.75 Å². The summed E-state index contributed by atoms with van der Waals surface area (Å²) in [6, 6.07) is 1.97. The third kappa shape index (κ3) is 5.31. The van der Waals surface area contributed by atoms with E-state index in [0.717, 1.165) is 18.2 Å². The van der Waals surface area contributed by atoms with Crippen LogP contribution in [-0.4, -0.2) is 16.2 Å². The minimum atomic E-state index is -4.35. The van der Waals surface area contributed by atoms with Crippen LogP contribution in [0.25, 0.3) is 0 Å². The van der Waals surface area contributed by atoms with Crippen molar-refractivity contribution >= 4 is 18.1 Å². The molecule has 0 heterocycles. The summed E-state index contributed by atoms with van der Waals surface area (Å²) in [6.07, 6.45) is -5.91. The molecule has 0 aliphatic carbocycles. The van der Waals surface area contributed by atoms with Crippen molar-refractivity contribution in [3.8, 4) is 5.75 Å². The Balaban J connectivity index is 0.00000324. The van der Waals surface area contributed by atoms with Gasteiger partial charge in [-0.1, -0.05) is 0 Å². The first-order valence-electron chi connectivity index (χ1n) is 5.00. The highest BCUT2D eigenvalue weighted by Crippen LogP contribution is 2.32. The molecule has 0 unspecified atom stereocenters. The number of aromatic hydroxyl groups is 1. The summed E-state index contributed by atoms with van der Waals surface area (Å²) >= 11 is 0. The number of benzene rings is 1. The summed E-state index contributed by atoms with van der Waals surface area (Å²) in [5, 5.41) is 19.9. The molecule has 0 fully saturated rings. The Morgan fingerprint density at radius 1 is 1.42 bits per heavy atom. The minimum Gasteiger partial charge on any atom is -0.508 e. The van der Waals surface area contributed by atoms with E-state index in [1.54, 1.807) is 0 Å². The zero-order valence-corrected chi connectivity index (χ0v) is 10.4. The number of hydrogen-bond acceptors (Lipinski definition) is 4. The van der Waals surface area contributed by atoms with Crippen LogP contribution in [-0.2, 0) is 0 Å². The molecule has 0 bridgehead atoms. The quantitative estimate of drug-likeness (QED) is 0.660. The first-order valence-corrected chi connectivity index (χ1v) is 5.00. The molecule has 0 aliphatic rings. The van der Waals surface area contributed by atoms with Gasteiger partial charge in [0.1, 0.15) is 5.75 Å². The van der Waals surface area contributed by atoms with Crippen LogP contribution in [0.1, 0.15) is 24.4 Å². The van der Waals surface area contributed by atoms with Gasteiger partial charge in [0.05, 0.1) is 4.92 Å². The molecule has 0 radical (unpaired) electrons. The lowest BCUT2D eigenvalue weighted by Gasteiger charge is -2.14. The molecule has 1 rings (SSSR count). The molecular weight excluding hydrogens is 289 g/mol. The monoisotopic (exact) mass is 300 g/mol. The Morgan fingerprint density at radius 2 is 2.00 bits per heavy atom. The SMILES string of the molecule is Cl.N[C@H](CCC(F)(F)F)c1cc([N+](=O)[O-])ccc1O. The predicted octanol–water partition coefficient (Wildman–Crippen LogP) is 3.06. The van der Waals surface area contributed by atoms with E-state index in [-0.39, 0.29) is 29.4 Å². The zero-order chi connectivity index (χ0) is 13.9. The lowest BCUT2D eigenvalue weighted by atomic mass is 10.0. The molecule has 9 heteroatoms. The first-order chi connectivity index (χ1) is 8.20. The summed E-state index contributed by atoms with van der Waals surface area (Å²) in [4.78, 5) is 9.80. The van der Waals surface area contributed by atoms with Crippen LogP contribution in [0.3, 0.4) is 0 Å². The number of rotatable bonds is 4. The van der Waals surface area contributed by atoms with Gasteiger partial charge in [-0.15, -0.1) is 12.4 Å². The molecule has 1 aromatic rings. The van der Waals surface area contributed by atoms with Gasteiger partial charge in [0.2, 0.25) is 0 Å². The molecule has 3 N–H and O–H groups in total. The van der Waals surface area contributed by atoms with Gasteiger partial charge in [0.15, 0.2) is 0 Å². The Hall–Kier alpha value is -1.54. The topological polar surface area (TPSA) is 89.4 Å².